The number of aliphatic imine (C=N–C) groups is 1. The van der Waals surface area contributed by atoms with Gasteiger partial charge in [0.25, 0.3) is 0 Å². The number of benzene rings is 1. The lowest BCUT2D eigenvalue weighted by Gasteiger charge is -2.13. The molecule has 1 amide bonds. The number of hydrogen-bond donors (Lipinski definition) is 1. The van der Waals surface area contributed by atoms with E-state index in [1.165, 1.54) is 5.57 Å². The summed E-state index contributed by atoms with van der Waals surface area (Å²) in [5, 5.41) is 5.04. The Labute approximate surface area is 135 Å². The molecule has 4 rings (SSSR count). The largest absolute Gasteiger partial charge is 0.310 e. The molecule has 4 heteroatoms. The monoisotopic (exact) mass is 305 g/mol. The zero-order valence-electron chi connectivity index (χ0n) is 13.2. The normalized spacial score (nSPS) is 17.6. The molecule has 2 aromatic rings. The Morgan fingerprint density at radius 1 is 1.22 bits per heavy atom. The van der Waals surface area contributed by atoms with Gasteiger partial charge in [-0.2, -0.15) is 0 Å². The van der Waals surface area contributed by atoms with Crippen LogP contribution in [0.3, 0.4) is 0 Å². The smallest absolute Gasteiger partial charge is 0.228 e. The quantitative estimate of drug-likeness (QED) is 0.939. The van der Waals surface area contributed by atoms with E-state index in [4.69, 9.17) is 0 Å². The lowest BCUT2D eigenvalue weighted by molar-refractivity contribution is -0.117. The molecule has 1 aliphatic heterocycles. The van der Waals surface area contributed by atoms with Gasteiger partial charge in [-0.15, -0.1) is 0 Å². The first-order valence-electron chi connectivity index (χ1n) is 8.13. The summed E-state index contributed by atoms with van der Waals surface area (Å²) in [6.07, 6.45) is 7.08. The van der Waals surface area contributed by atoms with Gasteiger partial charge in [0.05, 0.1) is 5.71 Å². The molecule has 2 aliphatic rings. The van der Waals surface area contributed by atoms with Gasteiger partial charge in [-0.1, -0.05) is 18.2 Å². The third-order valence-electron chi connectivity index (χ3n) is 4.42. The van der Waals surface area contributed by atoms with Crippen molar-refractivity contribution in [1.82, 2.24) is 4.98 Å². The molecule has 0 atom stereocenters. The van der Waals surface area contributed by atoms with Gasteiger partial charge in [0.15, 0.2) is 0 Å². The number of pyridine rings is 1. The van der Waals surface area contributed by atoms with Crippen molar-refractivity contribution in [2.75, 3.05) is 11.9 Å². The number of dihydropyridines is 1. The Bertz CT molecular complexity index is 847. The first-order chi connectivity index (χ1) is 11.2. The molecule has 0 saturated heterocycles. The highest BCUT2D eigenvalue weighted by molar-refractivity contribution is 6.14. The number of anilines is 1. The maximum atomic E-state index is 11.8. The van der Waals surface area contributed by atoms with Crippen LogP contribution in [0.15, 0.2) is 47.1 Å². The third-order valence-corrected chi connectivity index (χ3v) is 4.42. The van der Waals surface area contributed by atoms with Crippen LogP contribution >= 0.6 is 0 Å². The van der Waals surface area contributed by atoms with E-state index in [1.807, 2.05) is 12.3 Å². The van der Waals surface area contributed by atoms with Gasteiger partial charge in [-0.25, -0.2) is 4.98 Å². The Morgan fingerprint density at radius 3 is 2.87 bits per heavy atom. The molecule has 1 aliphatic carbocycles. The van der Waals surface area contributed by atoms with E-state index in [-0.39, 0.29) is 11.8 Å². The summed E-state index contributed by atoms with van der Waals surface area (Å²) in [5.41, 5.74) is 3.43. The van der Waals surface area contributed by atoms with E-state index < -0.39 is 0 Å². The zero-order valence-corrected chi connectivity index (χ0v) is 13.2. The van der Waals surface area contributed by atoms with E-state index in [0.29, 0.717) is 5.82 Å². The molecule has 0 unspecified atom stereocenters. The highest BCUT2D eigenvalue weighted by Crippen LogP contribution is 2.30. The fraction of sp³-hybridized carbons (Fsp3) is 0.316. The topological polar surface area (TPSA) is 54.4 Å². The van der Waals surface area contributed by atoms with E-state index in [9.17, 15) is 4.79 Å². The van der Waals surface area contributed by atoms with Crippen molar-refractivity contribution in [3.8, 4) is 0 Å². The van der Waals surface area contributed by atoms with Crippen LogP contribution in [-0.2, 0) is 4.79 Å². The average Bonchev–Trinajstić information content (AvgIpc) is 3.40. The fourth-order valence-corrected chi connectivity index (χ4v) is 2.93. The van der Waals surface area contributed by atoms with Gasteiger partial charge in [-0.3, -0.25) is 9.79 Å². The number of amides is 1. The van der Waals surface area contributed by atoms with Crippen LogP contribution in [0, 0.1) is 5.92 Å². The lowest BCUT2D eigenvalue weighted by Crippen LogP contribution is -2.14. The van der Waals surface area contributed by atoms with Gasteiger partial charge >= 0.3 is 0 Å². The van der Waals surface area contributed by atoms with Crippen molar-refractivity contribution in [1.29, 1.82) is 0 Å². The Kier molecular flexibility index (Phi) is 3.45. The number of hydrogen-bond acceptors (Lipinski definition) is 3. The first kappa shape index (κ1) is 14.1. The van der Waals surface area contributed by atoms with Crippen LogP contribution in [0.25, 0.3) is 10.8 Å². The molecule has 23 heavy (non-hydrogen) atoms. The fourth-order valence-electron chi connectivity index (χ4n) is 2.93. The van der Waals surface area contributed by atoms with Crippen LogP contribution in [0.4, 0.5) is 5.82 Å². The summed E-state index contributed by atoms with van der Waals surface area (Å²) in [5.74, 6) is 0.910. The molecular weight excluding hydrogens is 286 g/mol. The number of nitrogens with zero attached hydrogens (tertiary/aromatic N) is 2. The van der Waals surface area contributed by atoms with E-state index >= 15 is 0 Å². The molecule has 0 spiro atoms. The van der Waals surface area contributed by atoms with Gasteiger partial charge in [-0.05, 0) is 49.3 Å². The van der Waals surface area contributed by atoms with Gasteiger partial charge < -0.3 is 5.32 Å². The van der Waals surface area contributed by atoms with Crippen molar-refractivity contribution >= 4 is 28.2 Å². The predicted octanol–water partition coefficient (Wildman–Crippen LogP) is 3.72. The minimum absolute atomic E-state index is 0.0887. The van der Waals surface area contributed by atoms with Crippen LogP contribution in [0.5, 0.6) is 0 Å². The number of allylic oxidation sites excluding steroid dienone is 1. The molecule has 4 nitrogen and oxygen atoms in total. The summed E-state index contributed by atoms with van der Waals surface area (Å²) in [7, 11) is 0. The molecule has 1 saturated carbocycles. The second-order valence-electron chi connectivity index (χ2n) is 6.30. The van der Waals surface area contributed by atoms with Crippen molar-refractivity contribution in [3.63, 3.8) is 0 Å². The standard InChI is InChI=1S/C19H19N3O/c1-12-3-2-8-20-18(12)15-7-6-14-10-17(21-11-16(14)9-15)22-19(23)13-4-5-13/h3,6-7,9-11,13H,2,4-5,8H2,1H3,(H,21,22,23). The maximum Gasteiger partial charge on any atom is 0.228 e. The van der Waals surface area contributed by atoms with Crippen LogP contribution in [0.1, 0.15) is 31.7 Å². The third kappa shape index (κ3) is 2.89. The molecule has 1 N–H and O–H groups in total. The molecule has 0 radical (unpaired) electrons. The van der Waals surface area contributed by atoms with E-state index in [2.05, 4.69) is 46.5 Å². The summed E-state index contributed by atoms with van der Waals surface area (Å²) in [6.45, 7) is 2.96. The number of carbonyl (C=O) groups excluding carboxylic acids is 1. The minimum Gasteiger partial charge on any atom is -0.310 e. The van der Waals surface area contributed by atoms with Gasteiger partial charge in [0.2, 0.25) is 5.91 Å². The van der Waals surface area contributed by atoms with Crippen LogP contribution < -0.4 is 5.32 Å². The minimum atomic E-state index is 0.0887. The molecule has 1 aromatic carbocycles. The van der Waals surface area contributed by atoms with Gasteiger partial charge in [0, 0.05) is 29.6 Å². The van der Waals surface area contributed by atoms with Crippen molar-refractivity contribution < 1.29 is 4.79 Å². The number of rotatable bonds is 3. The number of nitrogens with one attached hydrogen (secondary N) is 1. The molecule has 2 heterocycles. The first-order valence-corrected chi connectivity index (χ1v) is 8.13. The Morgan fingerprint density at radius 2 is 2.09 bits per heavy atom. The van der Waals surface area contributed by atoms with Crippen LogP contribution in [-0.4, -0.2) is 23.1 Å². The molecule has 1 fully saturated rings. The SMILES string of the molecule is CC1=CCCN=C1c1ccc2cc(NC(=O)C3CC3)ncc2c1. The molecule has 1 aromatic heterocycles. The highest BCUT2D eigenvalue weighted by Gasteiger charge is 2.29. The Hall–Kier alpha value is -2.49. The zero-order chi connectivity index (χ0) is 15.8. The average molecular weight is 305 g/mol. The second kappa shape index (κ2) is 5.61. The van der Waals surface area contributed by atoms with Crippen LogP contribution in [0.2, 0.25) is 0 Å². The highest BCUT2D eigenvalue weighted by atomic mass is 16.2. The molecular formula is C19H19N3O. The van der Waals surface area contributed by atoms with Crippen molar-refractivity contribution in [2.45, 2.75) is 26.2 Å². The molecule has 0 bridgehead atoms. The Balaban J connectivity index is 1.63. The second-order valence-corrected chi connectivity index (χ2v) is 6.30. The van der Waals surface area contributed by atoms with Crippen molar-refractivity contribution in [3.05, 3.63) is 47.7 Å². The summed E-state index contributed by atoms with van der Waals surface area (Å²) < 4.78 is 0. The lowest BCUT2D eigenvalue weighted by atomic mass is 9.98. The number of fused-ring (bicyclic) bond motifs is 1. The maximum absolute atomic E-state index is 11.8. The van der Waals surface area contributed by atoms with Crippen molar-refractivity contribution in [2.24, 2.45) is 10.9 Å². The summed E-state index contributed by atoms with van der Waals surface area (Å²) in [4.78, 5) is 20.9. The molecule has 116 valence electrons. The summed E-state index contributed by atoms with van der Waals surface area (Å²) >= 11 is 0. The predicted molar refractivity (Wildman–Crippen MR) is 92.9 cm³/mol. The van der Waals surface area contributed by atoms with Gasteiger partial charge in [0.1, 0.15) is 5.82 Å². The van der Waals surface area contributed by atoms with E-state index in [0.717, 1.165) is 47.9 Å². The summed E-state index contributed by atoms with van der Waals surface area (Å²) in [6, 6.07) is 8.22. The van der Waals surface area contributed by atoms with E-state index in [1.54, 1.807) is 0 Å². The number of aromatic nitrogens is 1. The number of carbonyl (C=O) groups is 1.